The summed E-state index contributed by atoms with van der Waals surface area (Å²) in [5.74, 6) is 2.13. The van der Waals surface area contributed by atoms with Crippen LogP contribution in [0.1, 0.15) is 19.8 Å². The molecule has 0 bridgehead atoms. The van der Waals surface area contributed by atoms with Crippen LogP contribution in [0.25, 0.3) is 11.2 Å². The molecule has 1 aliphatic heterocycles. The van der Waals surface area contributed by atoms with Crippen molar-refractivity contribution >= 4 is 22.9 Å². The van der Waals surface area contributed by atoms with Crippen LogP contribution in [0.2, 0.25) is 0 Å². The summed E-state index contributed by atoms with van der Waals surface area (Å²) in [6, 6.07) is 0. The highest BCUT2D eigenvalue weighted by molar-refractivity contribution is 5.84. The number of methoxy groups -OCH3 is 1. The maximum atomic E-state index is 5.31. The largest absolute Gasteiger partial charge is 0.384 e. The summed E-state index contributed by atoms with van der Waals surface area (Å²) in [5, 5.41) is 3.18. The zero-order valence-electron chi connectivity index (χ0n) is 12.6. The van der Waals surface area contributed by atoms with Gasteiger partial charge in [0.2, 0.25) is 5.95 Å². The average Bonchev–Trinajstić information content (AvgIpc) is 2.96. The lowest BCUT2D eigenvalue weighted by atomic mass is 9.99. The fraction of sp³-hybridized carbons (Fsp3) is 0.643. The lowest BCUT2D eigenvalue weighted by Crippen LogP contribution is -2.37. The maximum absolute atomic E-state index is 5.31. The molecule has 7 nitrogen and oxygen atoms in total. The summed E-state index contributed by atoms with van der Waals surface area (Å²) >= 11 is 0. The van der Waals surface area contributed by atoms with Crippen LogP contribution in [0.4, 0.5) is 11.8 Å². The number of hydrogen-bond acceptors (Lipinski definition) is 6. The Morgan fingerprint density at radius 1 is 1.48 bits per heavy atom. The fourth-order valence-electron chi connectivity index (χ4n) is 2.91. The minimum atomic E-state index is 0.555. The molecule has 114 valence electrons. The van der Waals surface area contributed by atoms with E-state index in [2.05, 4.69) is 30.2 Å². The van der Waals surface area contributed by atoms with Gasteiger partial charge in [0.15, 0.2) is 11.5 Å². The fourth-order valence-corrected chi connectivity index (χ4v) is 2.91. The van der Waals surface area contributed by atoms with Gasteiger partial charge in [-0.25, -0.2) is 4.98 Å². The second-order valence-corrected chi connectivity index (χ2v) is 5.41. The first-order valence-corrected chi connectivity index (χ1v) is 7.50. The molecule has 3 heterocycles. The molecule has 2 aromatic heterocycles. The van der Waals surface area contributed by atoms with E-state index >= 15 is 0 Å². The molecule has 3 rings (SSSR count). The Morgan fingerprint density at radius 3 is 3.19 bits per heavy atom. The summed E-state index contributed by atoms with van der Waals surface area (Å²) in [6.45, 7) is 5.60. The van der Waals surface area contributed by atoms with Gasteiger partial charge in [0.05, 0.1) is 12.9 Å². The Morgan fingerprint density at radius 2 is 2.38 bits per heavy atom. The molecule has 0 amide bonds. The Balaban J connectivity index is 1.92. The smallest absolute Gasteiger partial charge is 0.226 e. The van der Waals surface area contributed by atoms with Crippen molar-refractivity contribution in [2.24, 2.45) is 5.92 Å². The molecule has 1 atom stereocenters. The summed E-state index contributed by atoms with van der Waals surface area (Å²) in [6.07, 6.45) is 4.04. The molecular formula is C14H22N6O. The van der Waals surface area contributed by atoms with Crippen LogP contribution in [-0.4, -0.2) is 53.3 Å². The highest BCUT2D eigenvalue weighted by Crippen LogP contribution is 2.27. The molecule has 0 saturated carbocycles. The molecule has 0 radical (unpaired) electrons. The Hall–Kier alpha value is -1.89. The first-order valence-electron chi connectivity index (χ1n) is 7.50. The lowest BCUT2D eigenvalue weighted by Gasteiger charge is -2.33. The van der Waals surface area contributed by atoms with Crippen molar-refractivity contribution in [3.63, 3.8) is 0 Å². The Bertz CT molecular complexity index is 596. The molecule has 21 heavy (non-hydrogen) atoms. The van der Waals surface area contributed by atoms with Gasteiger partial charge in [0.1, 0.15) is 5.52 Å². The van der Waals surface area contributed by atoms with Crippen molar-refractivity contribution in [3.05, 3.63) is 6.33 Å². The number of ether oxygens (including phenoxy) is 1. The number of hydrogen-bond donors (Lipinski definition) is 2. The number of fused-ring (bicyclic) bond motifs is 1. The number of aromatic amines is 1. The average molecular weight is 290 g/mol. The molecule has 1 fully saturated rings. The predicted molar refractivity (Wildman–Crippen MR) is 82.7 cm³/mol. The van der Waals surface area contributed by atoms with Crippen LogP contribution in [-0.2, 0) is 4.74 Å². The Labute approximate surface area is 124 Å². The quantitative estimate of drug-likeness (QED) is 0.871. The van der Waals surface area contributed by atoms with E-state index in [0.29, 0.717) is 17.5 Å². The van der Waals surface area contributed by atoms with E-state index in [1.165, 1.54) is 6.42 Å². The molecule has 7 heteroatoms. The van der Waals surface area contributed by atoms with Crippen LogP contribution in [0.3, 0.4) is 0 Å². The molecule has 1 aliphatic rings. The standard InChI is InChI=1S/C14H22N6O/c1-3-15-14-18-12-11(16-9-17-12)13(19-14)20-6-4-5-10(7-20)8-21-2/h9-10H,3-8H2,1-2H3,(H2,15,16,17,18,19). The van der Waals surface area contributed by atoms with Gasteiger partial charge in [-0.05, 0) is 25.7 Å². The highest BCUT2D eigenvalue weighted by atomic mass is 16.5. The molecule has 2 aromatic rings. The molecule has 0 spiro atoms. The Kier molecular flexibility index (Phi) is 4.19. The second-order valence-electron chi connectivity index (χ2n) is 5.41. The van der Waals surface area contributed by atoms with Gasteiger partial charge in [0, 0.05) is 26.7 Å². The topological polar surface area (TPSA) is 79.0 Å². The van der Waals surface area contributed by atoms with Crippen molar-refractivity contribution in [2.75, 3.05) is 43.6 Å². The number of nitrogens with zero attached hydrogens (tertiary/aromatic N) is 4. The number of H-pyrrole nitrogens is 1. The van der Waals surface area contributed by atoms with Crippen molar-refractivity contribution in [1.82, 2.24) is 19.9 Å². The van der Waals surface area contributed by atoms with E-state index in [4.69, 9.17) is 4.74 Å². The molecule has 0 aromatic carbocycles. The number of nitrogens with one attached hydrogen (secondary N) is 2. The third kappa shape index (κ3) is 2.92. The minimum Gasteiger partial charge on any atom is -0.384 e. The van der Waals surface area contributed by atoms with Crippen LogP contribution in [0.5, 0.6) is 0 Å². The predicted octanol–water partition coefficient (Wildman–Crippen LogP) is 1.65. The monoisotopic (exact) mass is 290 g/mol. The van der Waals surface area contributed by atoms with Crippen molar-refractivity contribution in [1.29, 1.82) is 0 Å². The minimum absolute atomic E-state index is 0.555. The highest BCUT2D eigenvalue weighted by Gasteiger charge is 2.23. The molecule has 1 saturated heterocycles. The normalized spacial score (nSPS) is 19.1. The number of aromatic nitrogens is 4. The van der Waals surface area contributed by atoms with Gasteiger partial charge in [-0.3, -0.25) is 0 Å². The zero-order chi connectivity index (χ0) is 14.7. The number of imidazole rings is 1. The third-order valence-electron chi connectivity index (χ3n) is 3.82. The van der Waals surface area contributed by atoms with Gasteiger partial charge in [-0.2, -0.15) is 9.97 Å². The summed E-state index contributed by atoms with van der Waals surface area (Å²) in [7, 11) is 1.76. The van der Waals surface area contributed by atoms with E-state index in [1.807, 2.05) is 6.92 Å². The lowest BCUT2D eigenvalue weighted by molar-refractivity contribution is 0.143. The first-order chi connectivity index (χ1) is 10.3. The van der Waals surface area contributed by atoms with E-state index in [1.54, 1.807) is 13.4 Å². The van der Waals surface area contributed by atoms with Gasteiger partial charge in [0.25, 0.3) is 0 Å². The van der Waals surface area contributed by atoms with Crippen molar-refractivity contribution in [2.45, 2.75) is 19.8 Å². The second kappa shape index (κ2) is 6.26. The summed E-state index contributed by atoms with van der Waals surface area (Å²) in [4.78, 5) is 18.8. The third-order valence-corrected chi connectivity index (χ3v) is 3.82. The summed E-state index contributed by atoms with van der Waals surface area (Å²) in [5.41, 5.74) is 1.62. The van der Waals surface area contributed by atoms with Crippen LogP contribution >= 0.6 is 0 Å². The maximum Gasteiger partial charge on any atom is 0.226 e. The van der Waals surface area contributed by atoms with Crippen LogP contribution in [0.15, 0.2) is 6.33 Å². The van der Waals surface area contributed by atoms with E-state index in [0.717, 1.165) is 44.0 Å². The van der Waals surface area contributed by atoms with Gasteiger partial charge in [-0.1, -0.05) is 0 Å². The molecule has 0 aliphatic carbocycles. The first kappa shape index (κ1) is 14.1. The van der Waals surface area contributed by atoms with Gasteiger partial charge in [-0.15, -0.1) is 0 Å². The van der Waals surface area contributed by atoms with Crippen LogP contribution in [0, 0.1) is 5.92 Å². The molecular weight excluding hydrogens is 268 g/mol. The number of rotatable bonds is 5. The number of piperidine rings is 1. The van der Waals surface area contributed by atoms with Crippen molar-refractivity contribution in [3.8, 4) is 0 Å². The summed E-state index contributed by atoms with van der Waals surface area (Å²) < 4.78 is 5.31. The number of anilines is 2. The zero-order valence-corrected chi connectivity index (χ0v) is 12.6. The van der Waals surface area contributed by atoms with E-state index in [-0.39, 0.29) is 0 Å². The SMILES string of the molecule is CCNc1nc(N2CCCC(COC)C2)c2[nH]cnc2n1. The molecule has 1 unspecified atom stereocenters. The van der Waals surface area contributed by atoms with E-state index in [9.17, 15) is 0 Å². The van der Waals surface area contributed by atoms with Gasteiger partial charge < -0.3 is 19.9 Å². The van der Waals surface area contributed by atoms with Gasteiger partial charge >= 0.3 is 0 Å². The molecule has 2 N–H and O–H groups in total. The van der Waals surface area contributed by atoms with Crippen LogP contribution < -0.4 is 10.2 Å². The van der Waals surface area contributed by atoms with Crippen molar-refractivity contribution < 1.29 is 4.74 Å². The van der Waals surface area contributed by atoms with E-state index < -0.39 is 0 Å².